The number of hydrogen-bond donors (Lipinski definition) is 1. The highest BCUT2D eigenvalue weighted by Crippen LogP contribution is 2.18. The lowest BCUT2D eigenvalue weighted by atomic mass is 10.1. The van der Waals surface area contributed by atoms with Gasteiger partial charge in [-0.25, -0.2) is 0 Å². The van der Waals surface area contributed by atoms with Crippen molar-refractivity contribution in [1.82, 2.24) is 10.2 Å². The summed E-state index contributed by atoms with van der Waals surface area (Å²) >= 11 is 0. The third-order valence-electron chi connectivity index (χ3n) is 4.09. The molecule has 2 rings (SSSR count). The van der Waals surface area contributed by atoms with E-state index in [1.165, 1.54) is 50.8 Å². The fraction of sp³-hybridized carbons (Fsp3) is 0.667. The standard InChI is InChI=1S/C18H30N2/c1-16(2)20(15-17-9-5-3-6-10-17)14-8-4-7-13-19-18-11-12-18/h3,5-6,9-10,16,18-19H,4,7-8,11-15H2,1-2H3. The van der Waals surface area contributed by atoms with Crippen LogP contribution in [0.15, 0.2) is 30.3 Å². The summed E-state index contributed by atoms with van der Waals surface area (Å²) in [6.45, 7) is 8.12. The summed E-state index contributed by atoms with van der Waals surface area (Å²) in [6, 6.07) is 12.3. The second kappa shape index (κ2) is 8.43. The summed E-state index contributed by atoms with van der Waals surface area (Å²) < 4.78 is 0. The van der Waals surface area contributed by atoms with Gasteiger partial charge in [0, 0.05) is 18.6 Å². The van der Waals surface area contributed by atoms with Gasteiger partial charge >= 0.3 is 0 Å². The first kappa shape index (κ1) is 15.5. The fourth-order valence-electron chi connectivity index (χ4n) is 2.55. The molecule has 0 saturated heterocycles. The van der Waals surface area contributed by atoms with Gasteiger partial charge in [0.15, 0.2) is 0 Å². The summed E-state index contributed by atoms with van der Waals surface area (Å²) in [5.41, 5.74) is 1.43. The van der Waals surface area contributed by atoms with Crippen molar-refractivity contribution in [3.05, 3.63) is 35.9 Å². The zero-order valence-corrected chi connectivity index (χ0v) is 13.1. The molecule has 1 aromatic carbocycles. The lowest BCUT2D eigenvalue weighted by molar-refractivity contribution is 0.208. The van der Waals surface area contributed by atoms with Gasteiger partial charge in [0.1, 0.15) is 0 Å². The molecule has 1 aliphatic carbocycles. The number of benzene rings is 1. The van der Waals surface area contributed by atoms with E-state index in [-0.39, 0.29) is 0 Å². The van der Waals surface area contributed by atoms with E-state index in [4.69, 9.17) is 0 Å². The van der Waals surface area contributed by atoms with Crippen LogP contribution in [0.4, 0.5) is 0 Å². The lowest BCUT2D eigenvalue weighted by Gasteiger charge is -2.26. The number of unbranched alkanes of at least 4 members (excludes halogenated alkanes) is 2. The maximum atomic E-state index is 3.59. The van der Waals surface area contributed by atoms with Gasteiger partial charge in [0.25, 0.3) is 0 Å². The third-order valence-corrected chi connectivity index (χ3v) is 4.09. The van der Waals surface area contributed by atoms with Crippen molar-refractivity contribution in [2.45, 2.75) is 64.6 Å². The fourth-order valence-corrected chi connectivity index (χ4v) is 2.55. The molecule has 1 aliphatic rings. The Morgan fingerprint density at radius 1 is 1.10 bits per heavy atom. The molecule has 0 amide bonds. The molecular weight excluding hydrogens is 244 g/mol. The minimum atomic E-state index is 0.625. The van der Waals surface area contributed by atoms with Crippen molar-refractivity contribution in [2.75, 3.05) is 13.1 Å². The first-order valence-electron chi connectivity index (χ1n) is 8.27. The first-order valence-corrected chi connectivity index (χ1v) is 8.27. The van der Waals surface area contributed by atoms with Crippen LogP contribution in [0.1, 0.15) is 51.5 Å². The predicted octanol–water partition coefficient (Wildman–Crippen LogP) is 3.82. The molecule has 1 N–H and O–H groups in total. The van der Waals surface area contributed by atoms with E-state index in [9.17, 15) is 0 Å². The van der Waals surface area contributed by atoms with E-state index < -0.39 is 0 Å². The molecule has 2 heteroatoms. The molecule has 0 atom stereocenters. The number of nitrogens with zero attached hydrogens (tertiary/aromatic N) is 1. The van der Waals surface area contributed by atoms with Crippen LogP contribution in [0.3, 0.4) is 0 Å². The monoisotopic (exact) mass is 274 g/mol. The van der Waals surface area contributed by atoms with Crippen LogP contribution < -0.4 is 5.32 Å². The molecular formula is C18H30N2. The van der Waals surface area contributed by atoms with Crippen LogP contribution in [-0.4, -0.2) is 30.1 Å². The van der Waals surface area contributed by atoms with Crippen LogP contribution in [-0.2, 0) is 6.54 Å². The zero-order valence-electron chi connectivity index (χ0n) is 13.1. The highest BCUT2D eigenvalue weighted by molar-refractivity contribution is 5.14. The normalized spacial score (nSPS) is 15.2. The molecule has 0 heterocycles. The van der Waals surface area contributed by atoms with Crippen molar-refractivity contribution >= 4 is 0 Å². The predicted molar refractivity (Wildman–Crippen MR) is 86.9 cm³/mol. The molecule has 112 valence electrons. The van der Waals surface area contributed by atoms with Crippen molar-refractivity contribution in [2.24, 2.45) is 0 Å². The zero-order chi connectivity index (χ0) is 14.2. The minimum Gasteiger partial charge on any atom is -0.314 e. The molecule has 1 aromatic rings. The van der Waals surface area contributed by atoms with Crippen LogP contribution in [0, 0.1) is 0 Å². The van der Waals surface area contributed by atoms with Gasteiger partial charge in [0.2, 0.25) is 0 Å². The van der Waals surface area contributed by atoms with Gasteiger partial charge in [-0.2, -0.15) is 0 Å². The Morgan fingerprint density at radius 2 is 1.85 bits per heavy atom. The van der Waals surface area contributed by atoms with E-state index in [0.29, 0.717) is 6.04 Å². The highest BCUT2D eigenvalue weighted by atomic mass is 15.1. The van der Waals surface area contributed by atoms with E-state index in [0.717, 1.165) is 12.6 Å². The topological polar surface area (TPSA) is 15.3 Å². The Balaban J connectivity index is 1.61. The SMILES string of the molecule is CC(C)N(CCCCCNC1CC1)Cc1ccccc1. The van der Waals surface area contributed by atoms with Crippen molar-refractivity contribution < 1.29 is 0 Å². The summed E-state index contributed by atoms with van der Waals surface area (Å²) in [5.74, 6) is 0. The quantitative estimate of drug-likeness (QED) is 0.653. The van der Waals surface area contributed by atoms with Crippen LogP contribution >= 0.6 is 0 Å². The molecule has 2 nitrogen and oxygen atoms in total. The molecule has 0 aliphatic heterocycles. The van der Waals surface area contributed by atoms with Gasteiger partial charge in [-0.05, 0) is 58.2 Å². The second-order valence-corrected chi connectivity index (χ2v) is 6.34. The van der Waals surface area contributed by atoms with Crippen molar-refractivity contribution in [3.63, 3.8) is 0 Å². The van der Waals surface area contributed by atoms with Gasteiger partial charge in [-0.3, -0.25) is 4.90 Å². The second-order valence-electron chi connectivity index (χ2n) is 6.34. The summed E-state index contributed by atoms with van der Waals surface area (Å²) in [7, 11) is 0. The van der Waals surface area contributed by atoms with E-state index in [2.05, 4.69) is 54.4 Å². The van der Waals surface area contributed by atoms with Crippen molar-refractivity contribution in [1.29, 1.82) is 0 Å². The maximum absolute atomic E-state index is 3.59. The minimum absolute atomic E-state index is 0.625. The number of rotatable bonds is 10. The Labute approximate surface area is 124 Å². The summed E-state index contributed by atoms with van der Waals surface area (Å²) in [6.07, 6.45) is 6.79. The molecule has 0 unspecified atom stereocenters. The van der Waals surface area contributed by atoms with E-state index in [1.807, 2.05) is 0 Å². The van der Waals surface area contributed by atoms with Gasteiger partial charge in [-0.15, -0.1) is 0 Å². The molecule has 20 heavy (non-hydrogen) atoms. The molecule has 0 radical (unpaired) electrons. The van der Waals surface area contributed by atoms with Gasteiger partial charge in [-0.1, -0.05) is 36.8 Å². The maximum Gasteiger partial charge on any atom is 0.0236 e. The van der Waals surface area contributed by atoms with Crippen LogP contribution in [0.25, 0.3) is 0 Å². The largest absolute Gasteiger partial charge is 0.314 e. The number of nitrogens with one attached hydrogen (secondary N) is 1. The Morgan fingerprint density at radius 3 is 2.50 bits per heavy atom. The average Bonchev–Trinajstić information content (AvgIpc) is 3.26. The summed E-state index contributed by atoms with van der Waals surface area (Å²) in [4.78, 5) is 2.59. The Bertz CT molecular complexity index is 357. The van der Waals surface area contributed by atoms with Gasteiger partial charge < -0.3 is 5.32 Å². The van der Waals surface area contributed by atoms with Gasteiger partial charge in [0.05, 0.1) is 0 Å². The molecule has 1 saturated carbocycles. The van der Waals surface area contributed by atoms with Crippen LogP contribution in [0.2, 0.25) is 0 Å². The average molecular weight is 274 g/mol. The Hall–Kier alpha value is -0.860. The molecule has 0 spiro atoms. The number of hydrogen-bond acceptors (Lipinski definition) is 2. The third kappa shape index (κ3) is 6.06. The molecule has 1 fully saturated rings. The van der Waals surface area contributed by atoms with Crippen molar-refractivity contribution in [3.8, 4) is 0 Å². The molecule has 0 aromatic heterocycles. The lowest BCUT2D eigenvalue weighted by Crippen LogP contribution is -2.31. The smallest absolute Gasteiger partial charge is 0.0236 e. The molecule has 0 bridgehead atoms. The van der Waals surface area contributed by atoms with Crippen LogP contribution in [0.5, 0.6) is 0 Å². The first-order chi connectivity index (χ1) is 9.75. The van der Waals surface area contributed by atoms with E-state index in [1.54, 1.807) is 0 Å². The summed E-state index contributed by atoms with van der Waals surface area (Å²) in [5, 5.41) is 3.59. The highest BCUT2D eigenvalue weighted by Gasteiger charge is 2.19. The Kier molecular flexibility index (Phi) is 6.55. The van der Waals surface area contributed by atoms with E-state index >= 15 is 0 Å².